The van der Waals surface area contributed by atoms with E-state index in [9.17, 15) is 9.59 Å². The van der Waals surface area contributed by atoms with Crippen molar-refractivity contribution in [2.45, 2.75) is 13.0 Å². The molecule has 0 fully saturated rings. The number of carbonyl (C=O) groups is 2. The van der Waals surface area contributed by atoms with Crippen LogP contribution in [0.2, 0.25) is 5.02 Å². The topological polar surface area (TPSA) is 71.8 Å². The fourth-order valence-corrected chi connectivity index (χ4v) is 3.72. The standard InChI is InChI=1S/C23H21ClN2O4/c1-29-14-22(27)25-17-8-6-15(7-9-17)21-12-16-13-26(11-10-20(16)30-21)23(28)18-4-2-3-5-19(18)24/h2-9,12H,10-11,13-14H2,1H3,(H,25,27). The van der Waals surface area contributed by atoms with Gasteiger partial charge in [-0.25, -0.2) is 0 Å². The number of hydrogen-bond donors (Lipinski definition) is 1. The van der Waals surface area contributed by atoms with Crippen molar-refractivity contribution in [2.24, 2.45) is 0 Å². The van der Waals surface area contributed by atoms with Crippen LogP contribution in [0.25, 0.3) is 11.3 Å². The number of halogens is 1. The first-order valence-electron chi connectivity index (χ1n) is 9.60. The van der Waals surface area contributed by atoms with E-state index >= 15 is 0 Å². The summed E-state index contributed by atoms with van der Waals surface area (Å²) in [5.41, 5.74) is 3.10. The molecule has 1 aliphatic rings. The Morgan fingerprint density at radius 3 is 2.67 bits per heavy atom. The molecule has 3 aromatic rings. The predicted octanol–water partition coefficient (Wildman–Crippen LogP) is 4.38. The maximum atomic E-state index is 12.8. The molecule has 0 aliphatic carbocycles. The van der Waals surface area contributed by atoms with Crippen molar-refractivity contribution in [1.29, 1.82) is 0 Å². The Balaban J connectivity index is 1.48. The molecule has 0 radical (unpaired) electrons. The largest absolute Gasteiger partial charge is 0.461 e. The third-order valence-corrected chi connectivity index (χ3v) is 5.32. The van der Waals surface area contributed by atoms with Gasteiger partial charge in [0.25, 0.3) is 5.91 Å². The van der Waals surface area contributed by atoms with Crippen molar-refractivity contribution in [1.82, 2.24) is 4.90 Å². The molecule has 6 nitrogen and oxygen atoms in total. The molecule has 0 spiro atoms. The van der Waals surface area contributed by atoms with Crippen molar-refractivity contribution < 1.29 is 18.7 Å². The number of amides is 2. The van der Waals surface area contributed by atoms with E-state index in [1.807, 2.05) is 42.5 Å². The van der Waals surface area contributed by atoms with E-state index in [1.165, 1.54) is 7.11 Å². The SMILES string of the molecule is COCC(=O)Nc1ccc(-c2cc3c(o2)CCN(C(=O)c2ccccc2Cl)C3)cc1. The van der Waals surface area contributed by atoms with Gasteiger partial charge in [-0.15, -0.1) is 0 Å². The summed E-state index contributed by atoms with van der Waals surface area (Å²) in [6.07, 6.45) is 0.649. The molecule has 2 aromatic carbocycles. The van der Waals surface area contributed by atoms with Gasteiger partial charge < -0.3 is 19.4 Å². The Kier molecular flexibility index (Phi) is 5.88. The Morgan fingerprint density at radius 1 is 1.17 bits per heavy atom. The van der Waals surface area contributed by atoms with Gasteiger partial charge in [-0.1, -0.05) is 23.7 Å². The molecular formula is C23H21ClN2O4. The summed E-state index contributed by atoms with van der Waals surface area (Å²) in [6.45, 7) is 1.07. The van der Waals surface area contributed by atoms with Gasteiger partial charge in [-0.2, -0.15) is 0 Å². The number of rotatable bonds is 5. The number of nitrogens with zero attached hydrogens (tertiary/aromatic N) is 1. The second-order valence-electron chi connectivity index (χ2n) is 7.07. The van der Waals surface area contributed by atoms with E-state index in [4.69, 9.17) is 20.8 Å². The number of carbonyl (C=O) groups excluding carboxylic acids is 2. The van der Waals surface area contributed by atoms with Gasteiger partial charge in [0.2, 0.25) is 5.91 Å². The number of hydrogen-bond acceptors (Lipinski definition) is 4. The molecular weight excluding hydrogens is 404 g/mol. The first-order chi connectivity index (χ1) is 14.5. The van der Waals surface area contributed by atoms with Gasteiger partial charge in [-0.3, -0.25) is 9.59 Å². The van der Waals surface area contributed by atoms with E-state index < -0.39 is 0 Å². The minimum Gasteiger partial charge on any atom is -0.461 e. The first kappa shape index (κ1) is 20.2. The second kappa shape index (κ2) is 8.73. The summed E-state index contributed by atoms with van der Waals surface area (Å²) in [4.78, 5) is 26.2. The number of fused-ring (bicyclic) bond motifs is 1. The molecule has 0 saturated carbocycles. The monoisotopic (exact) mass is 424 g/mol. The zero-order valence-corrected chi connectivity index (χ0v) is 17.2. The lowest BCUT2D eigenvalue weighted by Gasteiger charge is -2.26. The third kappa shape index (κ3) is 4.25. The normalized spacial score (nSPS) is 13.1. The molecule has 2 heterocycles. The maximum absolute atomic E-state index is 12.8. The lowest BCUT2D eigenvalue weighted by molar-refractivity contribution is -0.119. The number of benzene rings is 2. The van der Waals surface area contributed by atoms with Crippen LogP contribution in [0.3, 0.4) is 0 Å². The lowest BCUT2D eigenvalue weighted by atomic mass is 10.1. The number of anilines is 1. The van der Waals surface area contributed by atoms with Crippen LogP contribution in [-0.2, 0) is 22.5 Å². The highest BCUT2D eigenvalue weighted by atomic mass is 35.5. The molecule has 1 aliphatic heterocycles. The van der Waals surface area contributed by atoms with Crippen LogP contribution in [0, 0.1) is 0 Å². The van der Waals surface area contributed by atoms with Crippen LogP contribution in [0.5, 0.6) is 0 Å². The highest BCUT2D eigenvalue weighted by Crippen LogP contribution is 2.31. The van der Waals surface area contributed by atoms with Crippen LogP contribution < -0.4 is 5.32 Å². The van der Waals surface area contributed by atoms with Crippen LogP contribution in [-0.4, -0.2) is 37.0 Å². The predicted molar refractivity (Wildman–Crippen MR) is 115 cm³/mol. The summed E-state index contributed by atoms with van der Waals surface area (Å²) in [6, 6.07) is 16.5. The van der Waals surface area contributed by atoms with Crippen LogP contribution in [0.4, 0.5) is 5.69 Å². The number of methoxy groups -OCH3 is 1. The van der Waals surface area contributed by atoms with Gasteiger partial charge in [0.05, 0.1) is 10.6 Å². The molecule has 154 valence electrons. The van der Waals surface area contributed by atoms with Crippen molar-refractivity contribution >= 4 is 29.1 Å². The molecule has 1 aromatic heterocycles. The second-order valence-corrected chi connectivity index (χ2v) is 7.48. The molecule has 0 bridgehead atoms. The zero-order valence-electron chi connectivity index (χ0n) is 16.5. The van der Waals surface area contributed by atoms with Crippen molar-refractivity contribution in [3.63, 3.8) is 0 Å². The van der Waals surface area contributed by atoms with Crippen molar-refractivity contribution in [3.8, 4) is 11.3 Å². The van der Waals surface area contributed by atoms with E-state index in [1.54, 1.807) is 17.0 Å². The van der Waals surface area contributed by atoms with Gasteiger partial charge in [0, 0.05) is 43.4 Å². The van der Waals surface area contributed by atoms with Crippen LogP contribution >= 0.6 is 11.6 Å². The lowest BCUT2D eigenvalue weighted by Crippen LogP contribution is -2.35. The highest BCUT2D eigenvalue weighted by Gasteiger charge is 2.26. The average molecular weight is 425 g/mol. The molecule has 7 heteroatoms. The minimum atomic E-state index is -0.206. The molecule has 0 atom stereocenters. The van der Waals surface area contributed by atoms with Crippen molar-refractivity contribution in [2.75, 3.05) is 25.6 Å². The zero-order chi connectivity index (χ0) is 21.1. The average Bonchev–Trinajstić information content (AvgIpc) is 3.17. The van der Waals surface area contributed by atoms with E-state index in [2.05, 4.69) is 5.32 Å². The minimum absolute atomic E-state index is 0.00999. The summed E-state index contributed by atoms with van der Waals surface area (Å²) in [5, 5.41) is 3.22. The van der Waals surface area contributed by atoms with E-state index in [0.717, 1.165) is 22.6 Å². The van der Waals surface area contributed by atoms with Gasteiger partial charge in [0.15, 0.2) is 0 Å². The Bertz CT molecular complexity index is 1080. The number of furan rings is 1. The molecule has 0 unspecified atom stereocenters. The molecule has 4 rings (SSSR count). The Morgan fingerprint density at radius 2 is 1.93 bits per heavy atom. The maximum Gasteiger partial charge on any atom is 0.255 e. The fourth-order valence-electron chi connectivity index (χ4n) is 3.50. The summed E-state index contributed by atoms with van der Waals surface area (Å²) in [7, 11) is 1.48. The van der Waals surface area contributed by atoms with E-state index in [-0.39, 0.29) is 18.4 Å². The third-order valence-electron chi connectivity index (χ3n) is 4.99. The number of nitrogens with one attached hydrogen (secondary N) is 1. The smallest absolute Gasteiger partial charge is 0.255 e. The number of ether oxygens (including phenoxy) is 1. The molecule has 0 saturated heterocycles. The Labute approximate surface area is 179 Å². The quantitative estimate of drug-likeness (QED) is 0.659. The van der Waals surface area contributed by atoms with Gasteiger partial charge >= 0.3 is 0 Å². The van der Waals surface area contributed by atoms with E-state index in [0.29, 0.717) is 35.8 Å². The first-order valence-corrected chi connectivity index (χ1v) is 9.97. The summed E-state index contributed by atoms with van der Waals surface area (Å²) in [5.74, 6) is 1.35. The van der Waals surface area contributed by atoms with Crippen LogP contribution in [0.1, 0.15) is 21.7 Å². The van der Waals surface area contributed by atoms with Gasteiger partial charge in [0.1, 0.15) is 18.1 Å². The molecule has 30 heavy (non-hydrogen) atoms. The summed E-state index contributed by atoms with van der Waals surface area (Å²) < 4.78 is 10.9. The van der Waals surface area contributed by atoms with Gasteiger partial charge in [-0.05, 0) is 42.5 Å². The molecule has 2 amide bonds. The summed E-state index contributed by atoms with van der Waals surface area (Å²) >= 11 is 6.19. The fraction of sp³-hybridized carbons (Fsp3) is 0.217. The Hall–Kier alpha value is -3.09. The highest BCUT2D eigenvalue weighted by molar-refractivity contribution is 6.33. The molecule has 1 N–H and O–H groups in total. The van der Waals surface area contributed by atoms with Crippen LogP contribution in [0.15, 0.2) is 59.0 Å². The van der Waals surface area contributed by atoms with Crippen molar-refractivity contribution in [3.05, 3.63) is 76.5 Å².